The van der Waals surface area contributed by atoms with Gasteiger partial charge < -0.3 is 14.4 Å². The largest absolute Gasteiger partial charge is 0.484 e. The fourth-order valence-electron chi connectivity index (χ4n) is 4.01. The van der Waals surface area contributed by atoms with Crippen LogP contribution in [0.25, 0.3) is 10.9 Å². The van der Waals surface area contributed by atoms with Gasteiger partial charge in [0.1, 0.15) is 11.6 Å². The molecule has 2 aliphatic rings. The van der Waals surface area contributed by atoms with E-state index in [0.29, 0.717) is 55.7 Å². The predicted molar refractivity (Wildman–Crippen MR) is 106 cm³/mol. The van der Waals surface area contributed by atoms with E-state index in [1.165, 1.54) is 0 Å². The maximum absolute atomic E-state index is 12.6. The minimum atomic E-state index is -0.182. The summed E-state index contributed by atoms with van der Waals surface area (Å²) in [6, 6.07) is 5.16. The first-order valence-electron chi connectivity index (χ1n) is 10.2. The number of carbonyl (C=O) groups excluding carboxylic acids is 2. The second kappa shape index (κ2) is 8.23. The molecule has 8 nitrogen and oxygen atoms in total. The van der Waals surface area contributed by atoms with E-state index >= 15 is 0 Å². The van der Waals surface area contributed by atoms with Gasteiger partial charge in [0.25, 0.3) is 11.5 Å². The molecule has 0 unspecified atom stereocenters. The molecule has 0 radical (unpaired) electrons. The number of aryl methyl sites for hydroxylation is 1. The van der Waals surface area contributed by atoms with Crippen LogP contribution in [-0.2, 0) is 27.3 Å². The number of nitrogens with zero attached hydrogens (tertiary/aromatic N) is 3. The van der Waals surface area contributed by atoms with Crippen LogP contribution in [0.15, 0.2) is 23.0 Å². The molecule has 29 heavy (non-hydrogen) atoms. The Morgan fingerprint density at radius 3 is 2.76 bits per heavy atom. The molecule has 0 saturated carbocycles. The Bertz CT molecular complexity index is 992. The van der Waals surface area contributed by atoms with Gasteiger partial charge in [-0.2, -0.15) is 0 Å². The molecule has 0 atom stereocenters. The second-order valence-electron chi connectivity index (χ2n) is 7.46. The van der Waals surface area contributed by atoms with Gasteiger partial charge >= 0.3 is 5.97 Å². The smallest absolute Gasteiger partial charge is 0.309 e. The Balaban J connectivity index is 1.37. The van der Waals surface area contributed by atoms with Crippen LogP contribution in [0.4, 0.5) is 0 Å². The number of rotatable bonds is 5. The normalized spacial score (nSPS) is 16.7. The molecule has 1 aromatic heterocycles. The van der Waals surface area contributed by atoms with Gasteiger partial charge in [0.05, 0.1) is 23.4 Å². The maximum Gasteiger partial charge on any atom is 0.309 e. The summed E-state index contributed by atoms with van der Waals surface area (Å²) in [5, 5.41) is 0.510. The molecule has 0 spiro atoms. The Morgan fingerprint density at radius 2 is 2.00 bits per heavy atom. The molecule has 1 amide bonds. The molecule has 3 heterocycles. The minimum Gasteiger partial charge on any atom is -0.484 e. The summed E-state index contributed by atoms with van der Waals surface area (Å²) in [7, 11) is 0. The molecule has 2 aliphatic heterocycles. The molecule has 0 aliphatic carbocycles. The zero-order chi connectivity index (χ0) is 20.4. The van der Waals surface area contributed by atoms with Crippen molar-refractivity contribution in [2.45, 2.75) is 39.2 Å². The lowest BCUT2D eigenvalue weighted by molar-refractivity contribution is -0.151. The van der Waals surface area contributed by atoms with E-state index in [0.717, 1.165) is 18.7 Å². The molecule has 0 bridgehead atoms. The van der Waals surface area contributed by atoms with Crippen molar-refractivity contribution in [3.8, 4) is 5.75 Å². The van der Waals surface area contributed by atoms with Crippen LogP contribution in [0, 0.1) is 5.92 Å². The van der Waals surface area contributed by atoms with E-state index in [4.69, 9.17) is 9.47 Å². The summed E-state index contributed by atoms with van der Waals surface area (Å²) >= 11 is 0. The van der Waals surface area contributed by atoms with Crippen LogP contribution in [0.3, 0.4) is 0 Å². The lowest BCUT2D eigenvalue weighted by Crippen LogP contribution is -2.42. The topological polar surface area (TPSA) is 90.7 Å². The summed E-state index contributed by atoms with van der Waals surface area (Å²) < 4.78 is 12.4. The Kier molecular flexibility index (Phi) is 5.51. The van der Waals surface area contributed by atoms with Crippen LogP contribution in [0.5, 0.6) is 5.75 Å². The van der Waals surface area contributed by atoms with Gasteiger partial charge in [-0.1, -0.05) is 0 Å². The summed E-state index contributed by atoms with van der Waals surface area (Å²) in [4.78, 5) is 43.2. The monoisotopic (exact) mass is 399 g/mol. The number of hydrogen-bond donors (Lipinski definition) is 0. The first kappa shape index (κ1) is 19.4. The number of amides is 1. The van der Waals surface area contributed by atoms with Gasteiger partial charge in [0.15, 0.2) is 6.61 Å². The summed E-state index contributed by atoms with van der Waals surface area (Å²) in [6.45, 7) is 3.79. The second-order valence-corrected chi connectivity index (χ2v) is 7.46. The SMILES string of the molecule is CCOC(=O)C1CCN(C(=O)COc2ccc3nc4n(c(=O)c3c2)CCC4)CC1. The quantitative estimate of drug-likeness (QED) is 0.708. The number of aromatic nitrogens is 2. The fourth-order valence-corrected chi connectivity index (χ4v) is 4.01. The average Bonchev–Trinajstić information content (AvgIpc) is 3.21. The number of hydrogen-bond acceptors (Lipinski definition) is 6. The van der Waals surface area contributed by atoms with Crippen molar-refractivity contribution in [3.63, 3.8) is 0 Å². The van der Waals surface area contributed by atoms with E-state index < -0.39 is 0 Å². The van der Waals surface area contributed by atoms with Crippen LogP contribution in [-0.4, -0.2) is 52.6 Å². The Morgan fingerprint density at radius 1 is 1.21 bits per heavy atom. The highest BCUT2D eigenvalue weighted by Crippen LogP contribution is 2.21. The molecule has 1 aromatic carbocycles. The first-order chi connectivity index (χ1) is 14.1. The maximum atomic E-state index is 12.6. The molecule has 8 heteroatoms. The van der Waals surface area contributed by atoms with Crippen LogP contribution < -0.4 is 10.3 Å². The van der Waals surface area contributed by atoms with Crippen molar-refractivity contribution in [2.24, 2.45) is 5.92 Å². The number of ether oxygens (including phenoxy) is 2. The number of benzene rings is 1. The molecule has 1 fully saturated rings. The van der Waals surface area contributed by atoms with Gasteiger partial charge in [-0.15, -0.1) is 0 Å². The van der Waals surface area contributed by atoms with Crippen molar-refractivity contribution in [2.75, 3.05) is 26.3 Å². The molecule has 154 valence electrons. The average molecular weight is 399 g/mol. The number of esters is 1. The summed E-state index contributed by atoms with van der Waals surface area (Å²) in [5.41, 5.74) is 0.600. The van der Waals surface area contributed by atoms with E-state index in [-0.39, 0.29) is 30.0 Å². The van der Waals surface area contributed by atoms with E-state index in [2.05, 4.69) is 4.98 Å². The number of fused-ring (bicyclic) bond motifs is 2. The van der Waals surface area contributed by atoms with Crippen LogP contribution >= 0.6 is 0 Å². The molecule has 2 aromatic rings. The molecular weight excluding hydrogens is 374 g/mol. The van der Waals surface area contributed by atoms with E-state index in [1.807, 2.05) is 0 Å². The van der Waals surface area contributed by atoms with Crippen molar-refractivity contribution in [3.05, 3.63) is 34.4 Å². The lowest BCUT2D eigenvalue weighted by Gasteiger charge is -2.30. The van der Waals surface area contributed by atoms with E-state index in [9.17, 15) is 14.4 Å². The van der Waals surface area contributed by atoms with Crippen molar-refractivity contribution in [1.82, 2.24) is 14.5 Å². The van der Waals surface area contributed by atoms with Gasteiger partial charge in [-0.25, -0.2) is 4.98 Å². The number of piperidine rings is 1. The highest BCUT2D eigenvalue weighted by Gasteiger charge is 2.28. The number of likely N-dealkylation sites (tertiary alicyclic amines) is 1. The lowest BCUT2D eigenvalue weighted by atomic mass is 9.97. The van der Waals surface area contributed by atoms with Gasteiger partial charge in [-0.3, -0.25) is 19.0 Å². The standard InChI is InChI=1S/C21H25N3O5/c1-2-28-21(27)14-7-10-23(11-8-14)19(25)13-29-15-5-6-17-16(12-15)20(26)24-9-3-4-18(24)22-17/h5-6,12,14H,2-4,7-11,13H2,1H3. The van der Waals surface area contributed by atoms with Gasteiger partial charge in [0.2, 0.25) is 0 Å². The third-order valence-corrected chi connectivity index (χ3v) is 5.62. The van der Waals surface area contributed by atoms with Crippen molar-refractivity contribution in [1.29, 1.82) is 0 Å². The highest BCUT2D eigenvalue weighted by atomic mass is 16.5. The van der Waals surface area contributed by atoms with Crippen LogP contribution in [0.1, 0.15) is 32.0 Å². The molecular formula is C21H25N3O5. The Labute approximate surface area is 168 Å². The fraction of sp³-hybridized carbons (Fsp3) is 0.524. The third kappa shape index (κ3) is 3.97. The molecule has 1 saturated heterocycles. The Hall–Kier alpha value is -2.90. The summed E-state index contributed by atoms with van der Waals surface area (Å²) in [5.74, 6) is 0.861. The highest BCUT2D eigenvalue weighted by molar-refractivity contribution is 5.81. The van der Waals surface area contributed by atoms with Crippen molar-refractivity contribution >= 4 is 22.8 Å². The van der Waals surface area contributed by atoms with Gasteiger partial charge in [0, 0.05) is 26.1 Å². The zero-order valence-electron chi connectivity index (χ0n) is 16.6. The summed E-state index contributed by atoms with van der Waals surface area (Å²) in [6.07, 6.45) is 2.97. The van der Waals surface area contributed by atoms with Crippen molar-refractivity contribution < 1.29 is 19.1 Å². The molecule has 0 N–H and O–H groups in total. The van der Waals surface area contributed by atoms with Gasteiger partial charge in [-0.05, 0) is 44.4 Å². The predicted octanol–water partition coefficient (Wildman–Crippen LogP) is 1.52. The van der Waals surface area contributed by atoms with Crippen LogP contribution in [0.2, 0.25) is 0 Å². The first-order valence-corrected chi connectivity index (χ1v) is 10.2. The number of carbonyl (C=O) groups is 2. The third-order valence-electron chi connectivity index (χ3n) is 5.62. The van der Waals surface area contributed by atoms with E-state index in [1.54, 1.807) is 34.6 Å². The molecule has 4 rings (SSSR count). The zero-order valence-corrected chi connectivity index (χ0v) is 16.6. The minimum absolute atomic E-state index is 0.0553.